The Balaban J connectivity index is 4.71. The van der Waals surface area contributed by atoms with Crippen molar-refractivity contribution in [2.75, 3.05) is 6.61 Å². The first-order valence-corrected chi connectivity index (χ1v) is 5.97. The van der Waals surface area contributed by atoms with Gasteiger partial charge in [-0.1, -0.05) is 19.8 Å². The molecule has 0 radical (unpaired) electrons. The van der Waals surface area contributed by atoms with E-state index in [0.29, 0.717) is 12.8 Å². The fourth-order valence-corrected chi connectivity index (χ4v) is 1.23. The third-order valence-corrected chi connectivity index (χ3v) is 2.55. The van der Waals surface area contributed by atoms with Gasteiger partial charge in [-0.05, 0) is 6.42 Å². The van der Waals surface area contributed by atoms with Crippen LogP contribution < -0.4 is 0 Å². The molecule has 0 rings (SSSR count). The molecule has 0 aromatic carbocycles. The summed E-state index contributed by atoms with van der Waals surface area (Å²) in [6.45, 7) is -0.625. The summed E-state index contributed by atoms with van der Waals surface area (Å²) in [4.78, 5) is 10.9. The molecule has 2 nitrogen and oxygen atoms in total. The van der Waals surface area contributed by atoms with E-state index in [4.69, 9.17) is 0 Å². The van der Waals surface area contributed by atoms with Gasteiger partial charge in [-0.25, -0.2) is 8.78 Å². The first-order valence-electron chi connectivity index (χ1n) is 5.97. The summed E-state index contributed by atoms with van der Waals surface area (Å²) in [6.07, 6.45) is -3.88. The zero-order valence-corrected chi connectivity index (χ0v) is 11.0. The van der Waals surface area contributed by atoms with Crippen LogP contribution in [0.15, 0.2) is 0 Å². The quantitative estimate of drug-likeness (QED) is 0.358. The van der Waals surface area contributed by atoms with Gasteiger partial charge in [-0.2, -0.15) is 26.3 Å². The fourth-order valence-electron chi connectivity index (χ4n) is 1.23. The molecular formula is C11H14F8O2. The van der Waals surface area contributed by atoms with Gasteiger partial charge in [-0.3, -0.25) is 4.79 Å². The fraction of sp³-hybridized carbons (Fsp3) is 0.909. The van der Waals surface area contributed by atoms with Crippen molar-refractivity contribution in [1.82, 2.24) is 0 Å². The molecule has 0 saturated heterocycles. The van der Waals surface area contributed by atoms with Crippen LogP contribution in [-0.4, -0.2) is 36.8 Å². The van der Waals surface area contributed by atoms with Gasteiger partial charge in [0, 0.05) is 6.42 Å². The van der Waals surface area contributed by atoms with Crippen LogP contribution in [0.25, 0.3) is 0 Å². The van der Waals surface area contributed by atoms with Crippen LogP contribution in [0.1, 0.15) is 32.6 Å². The molecule has 0 aliphatic rings. The summed E-state index contributed by atoms with van der Waals surface area (Å²) in [5.74, 6) is -19.5. The Labute approximate surface area is 115 Å². The van der Waals surface area contributed by atoms with Gasteiger partial charge in [0.05, 0.1) is 0 Å². The topological polar surface area (TPSA) is 26.3 Å². The van der Waals surface area contributed by atoms with Gasteiger partial charge in [0.25, 0.3) is 0 Å². The Morgan fingerprint density at radius 2 is 1.57 bits per heavy atom. The van der Waals surface area contributed by atoms with E-state index in [1.54, 1.807) is 6.92 Å². The number of carbonyl (C=O) groups is 1. The molecular weight excluding hydrogens is 316 g/mol. The number of rotatable bonds is 9. The number of hydrogen-bond donors (Lipinski definition) is 0. The Morgan fingerprint density at radius 3 is 2.00 bits per heavy atom. The highest BCUT2D eigenvalue weighted by Gasteiger charge is 2.75. The maximum absolute atomic E-state index is 13.0. The number of carbonyl (C=O) groups excluding carboxylic acids is 1. The number of hydrogen-bond acceptors (Lipinski definition) is 2. The van der Waals surface area contributed by atoms with Gasteiger partial charge >= 0.3 is 30.2 Å². The van der Waals surface area contributed by atoms with Crippen molar-refractivity contribution in [3.8, 4) is 0 Å². The second-order valence-electron chi connectivity index (χ2n) is 4.32. The molecule has 0 aromatic rings. The molecule has 0 saturated carbocycles. The summed E-state index contributed by atoms with van der Waals surface area (Å²) >= 11 is 0. The summed E-state index contributed by atoms with van der Waals surface area (Å²) in [5, 5.41) is 0. The molecule has 0 heterocycles. The molecule has 0 unspecified atom stereocenters. The molecule has 0 amide bonds. The van der Waals surface area contributed by atoms with Crippen molar-refractivity contribution in [2.45, 2.75) is 56.8 Å². The van der Waals surface area contributed by atoms with Gasteiger partial charge in [0.1, 0.15) is 0 Å². The molecule has 0 aliphatic carbocycles. The largest absolute Gasteiger partial charge is 0.459 e. The minimum Gasteiger partial charge on any atom is -0.459 e. The van der Waals surface area contributed by atoms with E-state index in [0.717, 1.165) is 0 Å². The van der Waals surface area contributed by atoms with Crippen LogP contribution in [0.3, 0.4) is 0 Å². The van der Waals surface area contributed by atoms with Crippen LogP contribution in [0.2, 0.25) is 0 Å². The van der Waals surface area contributed by atoms with E-state index in [1.165, 1.54) is 0 Å². The lowest BCUT2D eigenvalue weighted by Crippen LogP contribution is -2.59. The maximum Gasteiger partial charge on any atom is 0.381 e. The van der Waals surface area contributed by atoms with Crippen molar-refractivity contribution in [2.24, 2.45) is 0 Å². The molecule has 0 spiro atoms. The van der Waals surface area contributed by atoms with Crippen molar-refractivity contribution < 1.29 is 44.7 Å². The highest BCUT2D eigenvalue weighted by atomic mass is 19.4. The number of alkyl halides is 8. The SMILES string of the molecule is CCCCCC(=O)OCC(F)(F)C(F)(F)C(F)(F)C(F)F. The van der Waals surface area contributed by atoms with E-state index < -0.39 is 36.8 Å². The Kier molecular flexibility index (Phi) is 6.88. The first kappa shape index (κ1) is 19.9. The van der Waals surface area contributed by atoms with Gasteiger partial charge in [0.2, 0.25) is 0 Å². The smallest absolute Gasteiger partial charge is 0.381 e. The lowest BCUT2D eigenvalue weighted by Gasteiger charge is -2.31. The molecule has 126 valence electrons. The standard InChI is InChI=1S/C11H14F8O2/c1-2-3-4-5-7(20)21-6-9(14,15)11(18,19)10(16,17)8(12)13/h8H,2-6H2,1H3. The van der Waals surface area contributed by atoms with Crippen LogP contribution >= 0.6 is 0 Å². The van der Waals surface area contributed by atoms with Gasteiger partial charge in [0.15, 0.2) is 6.61 Å². The molecule has 0 aliphatic heterocycles. The monoisotopic (exact) mass is 330 g/mol. The van der Waals surface area contributed by atoms with Crippen molar-refractivity contribution in [1.29, 1.82) is 0 Å². The Bertz CT molecular complexity index is 343. The van der Waals surface area contributed by atoms with Crippen LogP contribution in [0, 0.1) is 0 Å². The second kappa shape index (κ2) is 7.26. The molecule has 21 heavy (non-hydrogen) atoms. The lowest BCUT2D eigenvalue weighted by atomic mass is 10.1. The zero-order chi connectivity index (χ0) is 16.9. The highest BCUT2D eigenvalue weighted by Crippen LogP contribution is 2.48. The number of ether oxygens (including phenoxy) is 1. The normalized spacial score (nSPS) is 13.6. The first-order chi connectivity index (χ1) is 9.40. The van der Waals surface area contributed by atoms with E-state index >= 15 is 0 Å². The third kappa shape index (κ3) is 4.70. The summed E-state index contributed by atoms with van der Waals surface area (Å²) < 4.78 is 104. The summed E-state index contributed by atoms with van der Waals surface area (Å²) in [6, 6.07) is 0. The third-order valence-electron chi connectivity index (χ3n) is 2.55. The molecule has 0 fully saturated rings. The van der Waals surface area contributed by atoms with Gasteiger partial charge < -0.3 is 4.74 Å². The molecule has 10 heteroatoms. The average molecular weight is 330 g/mol. The van der Waals surface area contributed by atoms with Gasteiger partial charge in [-0.15, -0.1) is 0 Å². The average Bonchev–Trinajstić information content (AvgIpc) is 2.36. The van der Waals surface area contributed by atoms with Crippen molar-refractivity contribution in [3.63, 3.8) is 0 Å². The molecule has 0 bridgehead atoms. The minimum atomic E-state index is -6.35. The summed E-state index contributed by atoms with van der Waals surface area (Å²) in [5.41, 5.74) is 0. The van der Waals surface area contributed by atoms with Crippen LogP contribution in [0.5, 0.6) is 0 Å². The number of halogens is 8. The predicted molar refractivity (Wildman–Crippen MR) is 55.9 cm³/mol. The second-order valence-corrected chi connectivity index (χ2v) is 4.32. The van der Waals surface area contributed by atoms with Crippen molar-refractivity contribution in [3.05, 3.63) is 0 Å². The van der Waals surface area contributed by atoms with Crippen molar-refractivity contribution >= 4 is 5.97 Å². The van der Waals surface area contributed by atoms with E-state index in [1.807, 2.05) is 0 Å². The van der Waals surface area contributed by atoms with Crippen LogP contribution in [-0.2, 0) is 9.53 Å². The Morgan fingerprint density at radius 1 is 1.05 bits per heavy atom. The van der Waals surface area contributed by atoms with E-state index in [9.17, 15) is 39.9 Å². The lowest BCUT2D eigenvalue weighted by molar-refractivity contribution is -0.344. The maximum atomic E-state index is 13.0. The van der Waals surface area contributed by atoms with E-state index in [2.05, 4.69) is 4.74 Å². The highest BCUT2D eigenvalue weighted by molar-refractivity contribution is 5.69. The van der Waals surface area contributed by atoms with Crippen LogP contribution in [0.4, 0.5) is 35.1 Å². The zero-order valence-electron chi connectivity index (χ0n) is 11.0. The summed E-state index contributed by atoms with van der Waals surface area (Å²) in [7, 11) is 0. The Hall–Kier alpha value is -1.09. The number of unbranched alkanes of at least 4 members (excludes halogenated alkanes) is 2. The minimum absolute atomic E-state index is 0.241. The molecule has 0 atom stereocenters. The van der Waals surface area contributed by atoms with E-state index in [-0.39, 0.29) is 12.8 Å². The molecule has 0 N–H and O–H groups in total. The number of esters is 1. The predicted octanol–water partition coefficient (Wildman–Crippen LogP) is 4.28. The molecule has 0 aromatic heterocycles.